The van der Waals surface area contributed by atoms with Gasteiger partial charge in [-0.05, 0) is 13.0 Å². The summed E-state index contributed by atoms with van der Waals surface area (Å²) in [5, 5.41) is 2.87. The number of ketones is 1. The van der Waals surface area contributed by atoms with Gasteiger partial charge in [0, 0.05) is 6.42 Å². The molecule has 0 aromatic rings. The molecule has 0 aliphatic heterocycles. The van der Waals surface area contributed by atoms with Crippen LogP contribution in [0.25, 0.3) is 0 Å². The van der Waals surface area contributed by atoms with Gasteiger partial charge in [-0.3, -0.25) is 4.79 Å². The maximum atomic E-state index is 11.1. The van der Waals surface area contributed by atoms with Crippen molar-refractivity contribution >= 4 is 5.78 Å². The summed E-state index contributed by atoms with van der Waals surface area (Å²) in [6.07, 6.45) is 2.98. The van der Waals surface area contributed by atoms with E-state index >= 15 is 0 Å². The summed E-state index contributed by atoms with van der Waals surface area (Å²) in [6, 6.07) is 0. The van der Waals surface area contributed by atoms with E-state index in [2.05, 4.69) is 19.2 Å². The fourth-order valence-electron chi connectivity index (χ4n) is 1.17. The standard InChI is InChI=1S/C9H19NO/c1-4-8(5-2)6-9(11)7-10-3/h8,10H,4-7H2,1-3H3. The van der Waals surface area contributed by atoms with Crippen molar-refractivity contribution in [2.75, 3.05) is 13.6 Å². The minimum Gasteiger partial charge on any atom is -0.313 e. The molecule has 0 aromatic heterocycles. The van der Waals surface area contributed by atoms with Crippen LogP contribution in [0.15, 0.2) is 0 Å². The van der Waals surface area contributed by atoms with Crippen LogP contribution in [-0.2, 0) is 4.79 Å². The molecule has 0 amide bonds. The molecule has 2 heteroatoms. The number of nitrogens with one attached hydrogen (secondary N) is 1. The Morgan fingerprint density at radius 3 is 2.27 bits per heavy atom. The summed E-state index contributed by atoms with van der Waals surface area (Å²) in [4.78, 5) is 11.1. The molecular weight excluding hydrogens is 138 g/mol. The van der Waals surface area contributed by atoms with Crippen LogP contribution in [0.5, 0.6) is 0 Å². The lowest BCUT2D eigenvalue weighted by molar-refractivity contribution is -0.119. The maximum absolute atomic E-state index is 11.1. The van der Waals surface area contributed by atoms with Crippen LogP contribution in [0.1, 0.15) is 33.1 Å². The summed E-state index contributed by atoms with van der Waals surface area (Å²) >= 11 is 0. The van der Waals surface area contributed by atoms with E-state index in [0.717, 1.165) is 19.3 Å². The lowest BCUT2D eigenvalue weighted by Crippen LogP contribution is -2.20. The van der Waals surface area contributed by atoms with Crippen molar-refractivity contribution in [3.05, 3.63) is 0 Å². The van der Waals surface area contributed by atoms with Crippen molar-refractivity contribution in [1.82, 2.24) is 5.32 Å². The predicted molar refractivity (Wildman–Crippen MR) is 47.6 cm³/mol. The fourth-order valence-corrected chi connectivity index (χ4v) is 1.17. The molecule has 0 spiro atoms. The normalized spacial score (nSPS) is 10.5. The van der Waals surface area contributed by atoms with Crippen molar-refractivity contribution in [3.8, 4) is 0 Å². The monoisotopic (exact) mass is 157 g/mol. The van der Waals surface area contributed by atoms with Crippen molar-refractivity contribution in [2.24, 2.45) is 5.92 Å². The Kier molecular flexibility index (Phi) is 6.13. The molecule has 0 saturated carbocycles. The van der Waals surface area contributed by atoms with E-state index in [0.29, 0.717) is 18.2 Å². The van der Waals surface area contributed by atoms with Gasteiger partial charge in [0.1, 0.15) is 5.78 Å². The number of likely N-dealkylation sites (N-methyl/N-ethyl adjacent to an activating group) is 1. The van der Waals surface area contributed by atoms with Crippen LogP contribution < -0.4 is 5.32 Å². The van der Waals surface area contributed by atoms with Gasteiger partial charge < -0.3 is 5.32 Å². The Morgan fingerprint density at radius 2 is 1.91 bits per heavy atom. The molecule has 0 aliphatic rings. The number of carbonyl (C=O) groups is 1. The van der Waals surface area contributed by atoms with E-state index in [1.54, 1.807) is 0 Å². The zero-order valence-electron chi connectivity index (χ0n) is 7.81. The first-order chi connectivity index (χ1) is 5.24. The van der Waals surface area contributed by atoms with E-state index < -0.39 is 0 Å². The fraction of sp³-hybridized carbons (Fsp3) is 0.889. The average molecular weight is 157 g/mol. The van der Waals surface area contributed by atoms with E-state index in [4.69, 9.17) is 0 Å². The van der Waals surface area contributed by atoms with Gasteiger partial charge in [-0.15, -0.1) is 0 Å². The van der Waals surface area contributed by atoms with Crippen molar-refractivity contribution < 1.29 is 4.79 Å². The molecule has 11 heavy (non-hydrogen) atoms. The van der Waals surface area contributed by atoms with E-state index in [1.807, 2.05) is 7.05 Å². The number of rotatable bonds is 6. The summed E-state index contributed by atoms with van der Waals surface area (Å²) < 4.78 is 0. The Hall–Kier alpha value is -0.370. The van der Waals surface area contributed by atoms with Crippen LogP contribution in [0.3, 0.4) is 0 Å². The molecule has 0 bridgehead atoms. The molecule has 0 aromatic carbocycles. The number of carbonyl (C=O) groups excluding carboxylic acids is 1. The second-order valence-corrected chi connectivity index (χ2v) is 2.96. The Morgan fingerprint density at radius 1 is 1.36 bits per heavy atom. The van der Waals surface area contributed by atoms with Crippen LogP contribution >= 0.6 is 0 Å². The van der Waals surface area contributed by atoms with Crippen molar-refractivity contribution in [1.29, 1.82) is 0 Å². The van der Waals surface area contributed by atoms with Crippen LogP contribution in [0, 0.1) is 5.92 Å². The van der Waals surface area contributed by atoms with Gasteiger partial charge in [0.2, 0.25) is 0 Å². The van der Waals surface area contributed by atoms with Crippen LogP contribution in [-0.4, -0.2) is 19.4 Å². The zero-order chi connectivity index (χ0) is 8.69. The Bertz CT molecular complexity index is 108. The molecule has 0 fully saturated rings. The molecule has 1 N–H and O–H groups in total. The van der Waals surface area contributed by atoms with Gasteiger partial charge in [0.15, 0.2) is 0 Å². The molecular formula is C9H19NO. The number of hydrogen-bond donors (Lipinski definition) is 1. The lowest BCUT2D eigenvalue weighted by Gasteiger charge is -2.09. The number of Topliss-reactive ketones (excluding diaryl/α,β-unsaturated/α-hetero) is 1. The smallest absolute Gasteiger partial charge is 0.146 e. The third-order valence-corrected chi connectivity index (χ3v) is 2.04. The first-order valence-corrected chi connectivity index (χ1v) is 4.40. The highest BCUT2D eigenvalue weighted by molar-refractivity contribution is 5.80. The summed E-state index contributed by atoms with van der Waals surface area (Å²) in [5.74, 6) is 0.928. The molecule has 0 heterocycles. The van der Waals surface area contributed by atoms with Gasteiger partial charge in [0.05, 0.1) is 6.54 Å². The highest BCUT2D eigenvalue weighted by Gasteiger charge is 2.08. The van der Waals surface area contributed by atoms with E-state index in [9.17, 15) is 4.79 Å². The van der Waals surface area contributed by atoms with Gasteiger partial charge in [-0.1, -0.05) is 26.7 Å². The molecule has 0 aliphatic carbocycles. The minimum absolute atomic E-state index is 0.334. The second kappa shape index (κ2) is 6.35. The van der Waals surface area contributed by atoms with Gasteiger partial charge >= 0.3 is 0 Å². The highest BCUT2D eigenvalue weighted by atomic mass is 16.1. The second-order valence-electron chi connectivity index (χ2n) is 2.96. The van der Waals surface area contributed by atoms with Crippen molar-refractivity contribution in [2.45, 2.75) is 33.1 Å². The third-order valence-electron chi connectivity index (χ3n) is 2.04. The highest BCUT2D eigenvalue weighted by Crippen LogP contribution is 2.11. The predicted octanol–water partition coefficient (Wildman–Crippen LogP) is 1.60. The van der Waals surface area contributed by atoms with Gasteiger partial charge in [0.25, 0.3) is 0 Å². The first kappa shape index (κ1) is 10.6. The summed E-state index contributed by atoms with van der Waals surface area (Å²) in [5.41, 5.74) is 0. The molecule has 0 atom stereocenters. The first-order valence-electron chi connectivity index (χ1n) is 4.40. The minimum atomic E-state index is 0.334. The zero-order valence-corrected chi connectivity index (χ0v) is 7.81. The molecule has 0 radical (unpaired) electrons. The van der Waals surface area contributed by atoms with Crippen LogP contribution in [0.4, 0.5) is 0 Å². The third kappa shape index (κ3) is 4.96. The topological polar surface area (TPSA) is 29.1 Å². The van der Waals surface area contributed by atoms with Crippen molar-refractivity contribution in [3.63, 3.8) is 0 Å². The molecule has 66 valence electrons. The lowest BCUT2D eigenvalue weighted by atomic mass is 9.97. The summed E-state index contributed by atoms with van der Waals surface area (Å²) in [6.45, 7) is 4.80. The molecule has 0 rings (SSSR count). The SMILES string of the molecule is CCC(CC)CC(=O)CNC. The van der Waals surface area contributed by atoms with Gasteiger partial charge in [-0.2, -0.15) is 0 Å². The summed E-state index contributed by atoms with van der Waals surface area (Å²) in [7, 11) is 1.81. The molecule has 2 nitrogen and oxygen atoms in total. The quantitative estimate of drug-likeness (QED) is 0.634. The average Bonchev–Trinajstić information content (AvgIpc) is 2.01. The number of hydrogen-bond acceptors (Lipinski definition) is 2. The van der Waals surface area contributed by atoms with E-state index in [-0.39, 0.29) is 0 Å². The molecule has 0 unspecified atom stereocenters. The van der Waals surface area contributed by atoms with Crippen LogP contribution in [0.2, 0.25) is 0 Å². The largest absolute Gasteiger partial charge is 0.313 e. The Balaban J connectivity index is 3.54. The molecule has 0 saturated heterocycles. The van der Waals surface area contributed by atoms with E-state index in [1.165, 1.54) is 0 Å². The Labute approximate surface area is 69.4 Å². The maximum Gasteiger partial charge on any atom is 0.146 e. The van der Waals surface area contributed by atoms with Gasteiger partial charge in [-0.25, -0.2) is 0 Å².